The molecule has 0 heterocycles. The van der Waals surface area contributed by atoms with Crippen molar-refractivity contribution in [2.45, 2.75) is 13.0 Å². The van der Waals surface area contributed by atoms with Gasteiger partial charge in [0.2, 0.25) is 0 Å². The van der Waals surface area contributed by atoms with E-state index in [1.165, 1.54) is 6.07 Å². The lowest BCUT2D eigenvalue weighted by Crippen LogP contribution is -2.17. The number of benzene rings is 3. The molecule has 0 fully saturated rings. The average Bonchev–Trinajstić information content (AvgIpc) is 2.72. The first-order valence-electron chi connectivity index (χ1n) is 9.13. The second-order valence-electron chi connectivity index (χ2n) is 6.44. The van der Waals surface area contributed by atoms with Gasteiger partial charge in [0.25, 0.3) is 5.91 Å². The van der Waals surface area contributed by atoms with E-state index in [2.05, 4.69) is 10.6 Å². The molecule has 4 nitrogen and oxygen atoms in total. The number of hydrogen-bond donors (Lipinski definition) is 2. The zero-order valence-corrected chi connectivity index (χ0v) is 15.7. The van der Waals surface area contributed by atoms with E-state index in [-0.39, 0.29) is 11.7 Å². The molecule has 0 saturated heterocycles. The number of hydrogen-bond acceptors (Lipinski definition) is 3. The molecule has 0 saturated carbocycles. The Kier molecular flexibility index (Phi) is 6.76. The summed E-state index contributed by atoms with van der Waals surface area (Å²) in [5.74, 6) is 0.333. The molecule has 3 rings (SSSR count). The van der Waals surface area contributed by atoms with Gasteiger partial charge in [-0.1, -0.05) is 24.3 Å². The minimum atomic E-state index is -0.210. The fourth-order valence-corrected chi connectivity index (χ4v) is 2.86. The third-order valence-electron chi connectivity index (χ3n) is 4.35. The number of carbonyl (C=O) groups is 1. The maximum absolute atomic E-state index is 13.2. The molecule has 3 aromatic carbocycles. The van der Waals surface area contributed by atoms with Gasteiger partial charge in [0.1, 0.15) is 11.6 Å². The van der Waals surface area contributed by atoms with Crippen LogP contribution in [-0.2, 0) is 13.0 Å². The van der Waals surface area contributed by atoms with Crippen LogP contribution in [0.1, 0.15) is 21.5 Å². The van der Waals surface area contributed by atoms with Crippen LogP contribution in [0.5, 0.6) is 5.75 Å². The van der Waals surface area contributed by atoms with Crippen molar-refractivity contribution < 1.29 is 13.9 Å². The Balaban J connectivity index is 1.51. The summed E-state index contributed by atoms with van der Waals surface area (Å²) in [6.45, 7) is 1.41. The van der Waals surface area contributed by atoms with Crippen LogP contribution in [0.3, 0.4) is 0 Å². The molecule has 5 heteroatoms. The first-order valence-corrected chi connectivity index (χ1v) is 9.13. The molecule has 0 radical (unpaired) electrons. The van der Waals surface area contributed by atoms with Crippen molar-refractivity contribution in [3.8, 4) is 5.75 Å². The Labute approximate surface area is 164 Å². The Morgan fingerprint density at radius 1 is 0.964 bits per heavy atom. The van der Waals surface area contributed by atoms with Crippen molar-refractivity contribution in [2.75, 3.05) is 19.0 Å². The molecule has 0 aliphatic rings. The van der Waals surface area contributed by atoms with Crippen LogP contribution < -0.4 is 15.4 Å². The number of halogens is 1. The van der Waals surface area contributed by atoms with Crippen LogP contribution in [-0.4, -0.2) is 19.6 Å². The quantitative estimate of drug-likeness (QED) is 0.571. The van der Waals surface area contributed by atoms with Crippen molar-refractivity contribution in [1.82, 2.24) is 5.32 Å². The summed E-state index contributed by atoms with van der Waals surface area (Å²) >= 11 is 0. The molecule has 0 aromatic heterocycles. The lowest BCUT2D eigenvalue weighted by atomic mass is 10.1. The summed E-state index contributed by atoms with van der Waals surface area (Å²) in [7, 11) is 1.59. The minimum Gasteiger partial charge on any atom is -0.497 e. The first-order chi connectivity index (χ1) is 13.6. The minimum absolute atomic E-state index is 0.168. The van der Waals surface area contributed by atoms with Gasteiger partial charge in [0.15, 0.2) is 0 Å². The van der Waals surface area contributed by atoms with E-state index in [0.29, 0.717) is 17.9 Å². The number of rotatable bonds is 8. The van der Waals surface area contributed by atoms with E-state index < -0.39 is 0 Å². The number of ether oxygens (including phenoxy) is 1. The second kappa shape index (κ2) is 9.67. The highest BCUT2D eigenvalue weighted by molar-refractivity contribution is 6.04. The molecular formula is C23H23FN2O2. The van der Waals surface area contributed by atoms with Crippen molar-refractivity contribution in [3.63, 3.8) is 0 Å². The molecule has 0 atom stereocenters. The zero-order valence-electron chi connectivity index (χ0n) is 15.7. The topological polar surface area (TPSA) is 50.4 Å². The Morgan fingerprint density at radius 3 is 2.46 bits per heavy atom. The monoisotopic (exact) mass is 378 g/mol. The molecule has 0 spiro atoms. The third-order valence-corrected chi connectivity index (χ3v) is 4.35. The highest BCUT2D eigenvalue weighted by atomic mass is 19.1. The molecule has 0 unspecified atom stereocenters. The lowest BCUT2D eigenvalue weighted by Gasteiger charge is -2.09. The van der Waals surface area contributed by atoms with Gasteiger partial charge < -0.3 is 15.4 Å². The normalized spacial score (nSPS) is 10.5. The summed E-state index contributed by atoms with van der Waals surface area (Å²) in [5, 5.41) is 6.25. The Bertz CT molecular complexity index is 926. The molecular weight excluding hydrogens is 355 g/mol. The number of carbonyl (C=O) groups excluding carboxylic acids is 1. The van der Waals surface area contributed by atoms with Crippen LogP contribution in [0, 0.1) is 5.82 Å². The van der Waals surface area contributed by atoms with Gasteiger partial charge >= 0.3 is 0 Å². The fraction of sp³-hybridized carbons (Fsp3) is 0.174. The van der Waals surface area contributed by atoms with E-state index in [1.807, 2.05) is 30.3 Å². The predicted octanol–water partition coefficient (Wildman–Crippen LogP) is 4.42. The average molecular weight is 378 g/mol. The summed E-state index contributed by atoms with van der Waals surface area (Å²) in [5.41, 5.74) is 3.34. The van der Waals surface area contributed by atoms with Gasteiger partial charge in [-0.05, 0) is 72.6 Å². The van der Waals surface area contributed by atoms with Crippen molar-refractivity contribution in [3.05, 3.63) is 95.3 Å². The maximum atomic E-state index is 13.2. The first kappa shape index (κ1) is 19.6. The molecule has 1 amide bonds. The fourth-order valence-electron chi connectivity index (χ4n) is 2.86. The van der Waals surface area contributed by atoms with Crippen molar-refractivity contribution in [1.29, 1.82) is 0 Å². The smallest absolute Gasteiger partial charge is 0.255 e. The highest BCUT2D eigenvalue weighted by Crippen LogP contribution is 2.15. The van der Waals surface area contributed by atoms with E-state index in [9.17, 15) is 9.18 Å². The van der Waals surface area contributed by atoms with Gasteiger partial charge in [-0.15, -0.1) is 0 Å². The third kappa shape index (κ3) is 5.66. The summed E-state index contributed by atoms with van der Waals surface area (Å²) < 4.78 is 18.3. The molecule has 0 aliphatic carbocycles. The van der Waals surface area contributed by atoms with Gasteiger partial charge in [-0.2, -0.15) is 0 Å². The molecule has 0 aliphatic heterocycles. The van der Waals surface area contributed by atoms with E-state index in [1.54, 1.807) is 43.5 Å². The summed E-state index contributed by atoms with van der Waals surface area (Å²) in [6.07, 6.45) is 0.756. The van der Waals surface area contributed by atoms with Gasteiger partial charge in [0.05, 0.1) is 7.11 Å². The highest BCUT2D eigenvalue weighted by Gasteiger charge is 2.06. The van der Waals surface area contributed by atoms with Crippen LogP contribution in [0.2, 0.25) is 0 Å². The second-order valence-corrected chi connectivity index (χ2v) is 6.44. The zero-order chi connectivity index (χ0) is 19.8. The largest absolute Gasteiger partial charge is 0.497 e. The molecule has 0 bridgehead atoms. The van der Waals surface area contributed by atoms with Crippen molar-refractivity contribution >= 4 is 11.6 Å². The maximum Gasteiger partial charge on any atom is 0.255 e. The number of nitrogens with one attached hydrogen (secondary N) is 2. The Morgan fingerprint density at radius 2 is 1.71 bits per heavy atom. The summed E-state index contributed by atoms with van der Waals surface area (Å²) in [6, 6.07) is 21.3. The van der Waals surface area contributed by atoms with Crippen molar-refractivity contribution in [2.24, 2.45) is 0 Å². The van der Waals surface area contributed by atoms with E-state index in [0.717, 1.165) is 29.8 Å². The number of amides is 1. The van der Waals surface area contributed by atoms with Gasteiger partial charge in [0, 0.05) is 17.8 Å². The van der Waals surface area contributed by atoms with Gasteiger partial charge in [-0.3, -0.25) is 4.79 Å². The lowest BCUT2D eigenvalue weighted by molar-refractivity contribution is 0.102. The Hall–Kier alpha value is -3.18. The van der Waals surface area contributed by atoms with Crippen LogP contribution in [0.15, 0.2) is 72.8 Å². The molecule has 3 aromatic rings. The van der Waals surface area contributed by atoms with E-state index >= 15 is 0 Å². The molecule has 28 heavy (non-hydrogen) atoms. The predicted molar refractivity (Wildman–Crippen MR) is 109 cm³/mol. The van der Waals surface area contributed by atoms with E-state index in [4.69, 9.17) is 4.74 Å². The molecule has 144 valence electrons. The number of methoxy groups -OCH3 is 1. The van der Waals surface area contributed by atoms with Crippen LogP contribution in [0.25, 0.3) is 0 Å². The van der Waals surface area contributed by atoms with Crippen LogP contribution >= 0.6 is 0 Å². The number of anilines is 1. The summed E-state index contributed by atoms with van der Waals surface area (Å²) in [4.78, 5) is 12.4. The van der Waals surface area contributed by atoms with Crippen LogP contribution in [0.4, 0.5) is 10.1 Å². The standard InChI is InChI=1S/C23H23FN2O2/c1-28-22-10-8-19(9-11-22)23(27)26-21-7-3-5-18(15-21)16-25-13-12-17-4-2-6-20(24)14-17/h2-11,14-15,25H,12-13,16H2,1H3,(H,26,27). The van der Waals surface area contributed by atoms with Gasteiger partial charge in [-0.25, -0.2) is 4.39 Å². The molecule has 2 N–H and O–H groups in total. The SMILES string of the molecule is COc1ccc(C(=O)Nc2cccc(CNCCc3cccc(F)c3)c2)cc1.